The van der Waals surface area contributed by atoms with E-state index in [-0.39, 0.29) is 5.97 Å². The van der Waals surface area contributed by atoms with Crippen LogP contribution in [0.5, 0.6) is 11.5 Å². The summed E-state index contributed by atoms with van der Waals surface area (Å²) >= 11 is 0. The van der Waals surface area contributed by atoms with Gasteiger partial charge in [0.15, 0.2) is 6.10 Å². The monoisotopic (exact) mass is 527 g/mol. The molecule has 1 heterocycles. The molecule has 204 valence electrons. The van der Waals surface area contributed by atoms with E-state index in [1.165, 1.54) is 0 Å². The van der Waals surface area contributed by atoms with E-state index in [9.17, 15) is 4.79 Å². The summed E-state index contributed by atoms with van der Waals surface area (Å²) in [6, 6.07) is 30.4. The third-order valence-corrected chi connectivity index (χ3v) is 6.40. The smallest absolute Gasteiger partial charge is 0.335 e. The first-order valence-corrected chi connectivity index (χ1v) is 13.5. The molecule has 4 aromatic rings. The number of aromatic nitrogens is 1. The fraction of sp³-hybridized carbons (Fsp3) is 0.303. The molecule has 0 fully saturated rings. The lowest BCUT2D eigenvalue weighted by molar-refractivity contribution is -0.156. The van der Waals surface area contributed by atoms with Crippen LogP contribution in [0.4, 0.5) is 0 Å². The van der Waals surface area contributed by atoms with Crippen LogP contribution < -0.4 is 9.47 Å². The minimum absolute atomic E-state index is 0.330. The van der Waals surface area contributed by atoms with Crippen molar-refractivity contribution in [3.05, 3.63) is 108 Å². The highest BCUT2D eigenvalue weighted by Crippen LogP contribution is 2.34. The minimum Gasteiger partial charge on any atom is -0.492 e. The molecule has 3 aromatic carbocycles. The fourth-order valence-corrected chi connectivity index (χ4v) is 4.51. The maximum Gasteiger partial charge on any atom is 0.335 e. The highest BCUT2D eigenvalue weighted by molar-refractivity contribution is 5.75. The van der Waals surface area contributed by atoms with E-state index in [2.05, 4.69) is 41.8 Å². The SMILES string of the molecule is CCOC(=O)C(Cc1ccc(OCCn2c(C)cc(OCc3ccccc3)c2-c2ccccc2)cc1)OCC. The van der Waals surface area contributed by atoms with Crippen LogP contribution in [0.1, 0.15) is 30.7 Å². The Labute approximate surface area is 231 Å². The van der Waals surface area contributed by atoms with E-state index in [1.54, 1.807) is 6.92 Å². The fourth-order valence-electron chi connectivity index (χ4n) is 4.51. The Kier molecular flexibility index (Phi) is 10.2. The summed E-state index contributed by atoms with van der Waals surface area (Å²) in [6.07, 6.45) is -0.144. The lowest BCUT2D eigenvalue weighted by atomic mass is 10.1. The van der Waals surface area contributed by atoms with Gasteiger partial charge in [0.25, 0.3) is 0 Å². The lowest BCUT2D eigenvalue weighted by Gasteiger charge is -2.16. The second kappa shape index (κ2) is 14.2. The summed E-state index contributed by atoms with van der Waals surface area (Å²) in [5, 5.41) is 0. The molecule has 1 aromatic heterocycles. The summed E-state index contributed by atoms with van der Waals surface area (Å²) < 4.78 is 25.4. The molecule has 6 heteroatoms. The summed E-state index contributed by atoms with van der Waals surface area (Å²) in [4.78, 5) is 12.2. The van der Waals surface area contributed by atoms with Crippen molar-refractivity contribution in [2.45, 2.75) is 46.4 Å². The molecule has 0 amide bonds. The van der Waals surface area contributed by atoms with Gasteiger partial charge in [-0.15, -0.1) is 0 Å². The van der Waals surface area contributed by atoms with Gasteiger partial charge in [-0.3, -0.25) is 0 Å². The van der Waals surface area contributed by atoms with E-state index in [0.29, 0.717) is 39.4 Å². The van der Waals surface area contributed by atoms with Crippen LogP contribution in [-0.2, 0) is 33.8 Å². The first-order valence-electron chi connectivity index (χ1n) is 13.5. The molecule has 0 aliphatic heterocycles. The second-order valence-electron chi connectivity index (χ2n) is 9.18. The average Bonchev–Trinajstić information content (AvgIpc) is 3.28. The molecule has 4 rings (SSSR count). The highest BCUT2D eigenvalue weighted by Gasteiger charge is 2.20. The Bertz CT molecular complexity index is 1300. The molecule has 0 aliphatic rings. The molecular weight excluding hydrogens is 490 g/mol. The van der Waals surface area contributed by atoms with Crippen molar-refractivity contribution in [3.8, 4) is 22.8 Å². The Hall–Kier alpha value is -4.03. The highest BCUT2D eigenvalue weighted by atomic mass is 16.6. The predicted octanol–water partition coefficient (Wildman–Crippen LogP) is 6.63. The maximum atomic E-state index is 12.2. The van der Waals surface area contributed by atoms with Crippen molar-refractivity contribution in [1.29, 1.82) is 0 Å². The van der Waals surface area contributed by atoms with Crippen molar-refractivity contribution in [2.24, 2.45) is 0 Å². The van der Waals surface area contributed by atoms with Crippen LogP contribution >= 0.6 is 0 Å². The number of aryl methyl sites for hydroxylation is 1. The van der Waals surface area contributed by atoms with Gasteiger partial charge in [0.2, 0.25) is 0 Å². The minimum atomic E-state index is -0.604. The number of nitrogens with zero attached hydrogens (tertiary/aromatic N) is 1. The molecule has 0 saturated heterocycles. The van der Waals surface area contributed by atoms with Gasteiger partial charge in [-0.2, -0.15) is 0 Å². The van der Waals surface area contributed by atoms with Gasteiger partial charge in [-0.25, -0.2) is 4.79 Å². The largest absolute Gasteiger partial charge is 0.492 e. The molecule has 0 spiro atoms. The second-order valence-corrected chi connectivity index (χ2v) is 9.18. The van der Waals surface area contributed by atoms with E-state index < -0.39 is 6.10 Å². The molecule has 0 radical (unpaired) electrons. The van der Waals surface area contributed by atoms with Crippen molar-refractivity contribution >= 4 is 5.97 Å². The zero-order chi connectivity index (χ0) is 27.5. The lowest BCUT2D eigenvalue weighted by Crippen LogP contribution is -2.28. The van der Waals surface area contributed by atoms with Crippen LogP contribution in [0.2, 0.25) is 0 Å². The van der Waals surface area contributed by atoms with Gasteiger partial charge in [0, 0.05) is 30.4 Å². The molecule has 0 saturated carbocycles. The third-order valence-electron chi connectivity index (χ3n) is 6.40. The van der Waals surface area contributed by atoms with Crippen LogP contribution in [0.15, 0.2) is 91.0 Å². The number of carbonyl (C=O) groups is 1. The number of rotatable bonds is 14. The van der Waals surface area contributed by atoms with Crippen molar-refractivity contribution < 1.29 is 23.7 Å². The van der Waals surface area contributed by atoms with Crippen LogP contribution in [-0.4, -0.2) is 36.5 Å². The third kappa shape index (κ3) is 7.74. The molecule has 39 heavy (non-hydrogen) atoms. The van der Waals surface area contributed by atoms with Crippen molar-refractivity contribution in [1.82, 2.24) is 4.57 Å². The van der Waals surface area contributed by atoms with Crippen LogP contribution in [0, 0.1) is 6.92 Å². The number of hydrogen-bond donors (Lipinski definition) is 0. The molecule has 1 unspecified atom stereocenters. The Morgan fingerprint density at radius 2 is 1.51 bits per heavy atom. The van der Waals surface area contributed by atoms with E-state index >= 15 is 0 Å². The van der Waals surface area contributed by atoms with Gasteiger partial charge in [-0.1, -0.05) is 72.8 Å². The summed E-state index contributed by atoms with van der Waals surface area (Å²) in [7, 11) is 0. The number of benzene rings is 3. The zero-order valence-electron chi connectivity index (χ0n) is 23.0. The maximum absolute atomic E-state index is 12.2. The average molecular weight is 528 g/mol. The van der Waals surface area contributed by atoms with Crippen LogP contribution in [0.25, 0.3) is 11.3 Å². The molecule has 0 N–H and O–H groups in total. The Morgan fingerprint density at radius 1 is 0.821 bits per heavy atom. The van der Waals surface area contributed by atoms with Gasteiger partial charge in [-0.05, 0) is 44.0 Å². The Morgan fingerprint density at radius 3 is 2.18 bits per heavy atom. The van der Waals surface area contributed by atoms with Crippen LogP contribution in [0.3, 0.4) is 0 Å². The number of ether oxygens (including phenoxy) is 4. The van der Waals surface area contributed by atoms with Crippen molar-refractivity contribution in [3.63, 3.8) is 0 Å². The number of carbonyl (C=O) groups excluding carboxylic acids is 1. The summed E-state index contributed by atoms with van der Waals surface area (Å²) in [5.74, 6) is 1.30. The standard InChI is InChI=1S/C33H37NO5/c1-4-36-31(33(35)37-5-2)23-26-16-18-29(19-17-26)38-21-20-34-25(3)22-30(32(34)28-14-10-7-11-15-28)39-24-27-12-8-6-9-13-27/h6-19,22,31H,4-5,20-21,23-24H2,1-3H3. The summed E-state index contributed by atoms with van der Waals surface area (Å²) in [6.45, 7) is 8.22. The van der Waals surface area contributed by atoms with Gasteiger partial charge >= 0.3 is 5.97 Å². The molecular formula is C33H37NO5. The topological polar surface area (TPSA) is 58.9 Å². The number of esters is 1. The zero-order valence-corrected chi connectivity index (χ0v) is 23.0. The molecule has 6 nitrogen and oxygen atoms in total. The molecule has 0 bridgehead atoms. The summed E-state index contributed by atoms with van der Waals surface area (Å²) in [5.41, 5.74) is 5.37. The van der Waals surface area contributed by atoms with E-state index in [0.717, 1.165) is 39.6 Å². The molecule has 1 atom stereocenters. The van der Waals surface area contributed by atoms with Crippen molar-refractivity contribution in [2.75, 3.05) is 19.8 Å². The predicted molar refractivity (Wildman–Crippen MR) is 153 cm³/mol. The van der Waals surface area contributed by atoms with Gasteiger partial charge in [0.05, 0.1) is 18.8 Å². The first kappa shape index (κ1) is 28.0. The normalized spacial score (nSPS) is 11.7. The van der Waals surface area contributed by atoms with E-state index in [1.807, 2.05) is 67.6 Å². The van der Waals surface area contributed by atoms with Gasteiger partial charge < -0.3 is 23.5 Å². The van der Waals surface area contributed by atoms with E-state index in [4.69, 9.17) is 18.9 Å². The first-order chi connectivity index (χ1) is 19.1. The Balaban J connectivity index is 1.42. The molecule has 0 aliphatic carbocycles. The number of hydrogen-bond acceptors (Lipinski definition) is 5. The quantitative estimate of drug-likeness (QED) is 0.172. The van der Waals surface area contributed by atoms with Gasteiger partial charge in [0.1, 0.15) is 24.7 Å².